The molecule has 2 N–H and O–H groups in total. The molecule has 3 fully saturated rings. The second-order valence-electron chi connectivity index (χ2n) is 9.45. The van der Waals surface area contributed by atoms with Crippen LogP contribution in [0, 0.1) is 11.8 Å². The molecule has 0 saturated carbocycles. The van der Waals surface area contributed by atoms with Crippen molar-refractivity contribution in [1.29, 1.82) is 0 Å². The number of amides is 2. The van der Waals surface area contributed by atoms with Crippen molar-refractivity contribution in [2.24, 2.45) is 11.8 Å². The van der Waals surface area contributed by atoms with Crippen LogP contribution in [-0.4, -0.2) is 89.7 Å². The van der Waals surface area contributed by atoms with Crippen LogP contribution in [0.4, 0.5) is 0 Å². The van der Waals surface area contributed by atoms with Gasteiger partial charge >= 0.3 is 5.97 Å². The van der Waals surface area contributed by atoms with Crippen LogP contribution in [0.25, 0.3) is 11.0 Å². The number of aromatic nitrogens is 3. The molecule has 186 valence electrons. The van der Waals surface area contributed by atoms with Gasteiger partial charge in [0.05, 0.1) is 36.1 Å². The maximum atomic E-state index is 14.2. The smallest absolute Gasteiger partial charge is 0.310 e. The standard InChI is InChI=1S/C24H29N5O6/c1-3-11-27(13-28-16-8-6-5-7-15(16)25-26-28)22(32)20-24-10-9-17(35-24)18(23(33)34)19(24)21(31)29(20)14(4-2)12-30/h3,5-8,14,17-20,30H,1,4,9-13H2,2H3,(H,33,34)/t14-,17-,18+,19-,20?,24?/m0/s1. The summed E-state index contributed by atoms with van der Waals surface area (Å²) in [6, 6.07) is 5.69. The third kappa shape index (κ3) is 3.36. The number of aliphatic hydroxyl groups excluding tert-OH is 1. The number of carboxylic acids is 1. The van der Waals surface area contributed by atoms with Gasteiger partial charge in [0.1, 0.15) is 23.8 Å². The molecule has 2 aromatic rings. The lowest BCUT2D eigenvalue weighted by Gasteiger charge is -2.39. The van der Waals surface area contributed by atoms with Gasteiger partial charge < -0.3 is 24.7 Å². The largest absolute Gasteiger partial charge is 0.481 e. The summed E-state index contributed by atoms with van der Waals surface area (Å²) < 4.78 is 7.83. The molecular weight excluding hydrogens is 454 g/mol. The number of para-hydroxylation sites is 1. The van der Waals surface area contributed by atoms with E-state index in [1.54, 1.807) is 10.8 Å². The Hall–Kier alpha value is -3.31. The Bertz CT molecular complexity index is 1180. The molecule has 1 spiro atoms. The third-order valence-corrected chi connectivity index (χ3v) is 7.72. The van der Waals surface area contributed by atoms with E-state index in [0.29, 0.717) is 24.8 Å². The molecule has 2 amide bonds. The molecule has 3 aliphatic heterocycles. The van der Waals surface area contributed by atoms with Crippen molar-refractivity contribution < 1.29 is 29.3 Å². The first kappa shape index (κ1) is 23.4. The fourth-order valence-electron chi connectivity index (χ4n) is 6.19. The van der Waals surface area contributed by atoms with Gasteiger partial charge in [0.2, 0.25) is 11.8 Å². The van der Waals surface area contributed by atoms with E-state index >= 15 is 0 Å². The van der Waals surface area contributed by atoms with Crippen LogP contribution in [0.15, 0.2) is 36.9 Å². The van der Waals surface area contributed by atoms with E-state index in [-0.39, 0.29) is 25.7 Å². The maximum Gasteiger partial charge on any atom is 0.310 e. The summed E-state index contributed by atoms with van der Waals surface area (Å²) in [6.45, 7) is 5.49. The highest BCUT2D eigenvalue weighted by atomic mass is 16.5. The van der Waals surface area contributed by atoms with Crippen molar-refractivity contribution >= 4 is 28.8 Å². The zero-order valence-electron chi connectivity index (χ0n) is 19.5. The van der Waals surface area contributed by atoms with Gasteiger partial charge in [-0.25, -0.2) is 4.68 Å². The number of carboxylic acid groups (broad SMARTS) is 1. The molecule has 4 heterocycles. The molecule has 11 nitrogen and oxygen atoms in total. The quantitative estimate of drug-likeness (QED) is 0.496. The molecule has 3 saturated heterocycles. The number of hydrogen-bond acceptors (Lipinski definition) is 7. The highest BCUT2D eigenvalue weighted by molar-refractivity contribution is 5.98. The van der Waals surface area contributed by atoms with E-state index < -0.39 is 47.5 Å². The van der Waals surface area contributed by atoms with E-state index in [2.05, 4.69) is 16.9 Å². The van der Waals surface area contributed by atoms with Crippen molar-refractivity contribution in [3.8, 4) is 0 Å². The minimum absolute atomic E-state index is 0.0619. The number of rotatable bonds is 9. The number of ether oxygens (including phenoxy) is 1. The molecule has 2 bridgehead atoms. The van der Waals surface area contributed by atoms with Crippen LogP contribution in [-0.2, 0) is 25.8 Å². The summed E-state index contributed by atoms with van der Waals surface area (Å²) in [5.74, 6) is -3.91. The first-order chi connectivity index (χ1) is 16.9. The van der Waals surface area contributed by atoms with E-state index in [9.17, 15) is 24.6 Å². The summed E-state index contributed by atoms with van der Waals surface area (Å²) in [6.07, 6.45) is 2.25. The van der Waals surface area contributed by atoms with Crippen molar-refractivity contribution in [1.82, 2.24) is 24.8 Å². The first-order valence-electron chi connectivity index (χ1n) is 11.9. The molecule has 0 aliphatic carbocycles. The number of carbonyl (C=O) groups is 3. The lowest BCUT2D eigenvalue weighted by atomic mass is 9.70. The molecule has 1 aromatic heterocycles. The molecule has 3 aliphatic rings. The zero-order valence-corrected chi connectivity index (χ0v) is 19.5. The topological polar surface area (TPSA) is 138 Å². The van der Waals surface area contributed by atoms with Crippen LogP contribution < -0.4 is 0 Å². The highest BCUT2D eigenvalue weighted by Crippen LogP contribution is 2.59. The summed E-state index contributed by atoms with van der Waals surface area (Å²) in [5, 5.41) is 28.3. The second-order valence-corrected chi connectivity index (χ2v) is 9.45. The minimum Gasteiger partial charge on any atom is -0.481 e. The lowest BCUT2D eigenvalue weighted by molar-refractivity contribution is -0.154. The van der Waals surface area contributed by atoms with Crippen LogP contribution in [0.3, 0.4) is 0 Å². The molecule has 0 radical (unpaired) electrons. The summed E-state index contributed by atoms with van der Waals surface area (Å²) in [7, 11) is 0. The molecule has 6 atom stereocenters. The number of aliphatic hydroxyl groups is 1. The Morgan fingerprint density at radius 1 is 1.40 bits per heavy atom. The van der Waals surface area contributed by atoms with E-state index in [0.717, 1.165) is 5.52 Å². The number of nitrogens with zero attached hydrogens (tertiary/aromatic N) is 5. The van der Waals surface area contributed by atoms with Gasteiger partial charge in [0.25, 0.3) is 0 Å². The van der Waals surface area contributed by atoms with Crippen molar-refractivity contribution in [2.75, 3.05) is 13.2 Å². The summed E-state index contributed by atoms with van der Waals surface area (Å²) in [5.41, 5.74) is 0.188. The molecule has 1 aromatic carbocycles. The Morgan fingerprint density at radius 2 is 2.17 bits per heavy atom. The summed E-state index contributed by atoms with van der Waals surface area (Å²) in [4.78, 5) is 42.9. The van der Waals surface area contributed by atoms with E-state index in [1.807, 2.05) is 31.2 Å². The monoisotopic (exact) mass is 483 g/mol. The maximum absolute atomic E-state index is 14.2. The number of likely N-dealkylation sites (tertiary alicyclic amines) is 1. The van der Waals surface area contributed by atoms with Gasteiger partial charge in [-0.15, -0.1) is 11.7 Å². The number of aliphatic carboxylic acids is 1. The molecule has 2 unspecified atom stereocenters. The van der Waals surface area contributed by atoms with Crippen LogP contribution in [0.1, 0.15) is 26.2 Å². The van der Waals surface area contributed by atoms with Gasteiger partial charge in [-0.05, 0) is 31.4 Å². The number of hydrogen-bond donors (Lipinski definition) is 2. The molecule has 11 heteroatoms. The Balaban J connectivity index is 1.56. The number of fused-ring (bicyclic) bond motifs is 2. The molecular formula is C24H29N5O6. The fourth-order valence-corrected chi connectivity index (χ4v) is 6.19. The van der Waals surface area contributed by atoms with E-state index in [4.69, 9.17) is 4.74 Å². The Labute approximate surface area is 201 Å². The highest BCUT2D eigenvalue weighted by Gasteiger charge is 2.75. The van der Waals surface area contributed by atoms with Gasteiger partial charge in [-0.2, -0.15) is 0 Å². The SMILES string of the molecule is C=CCN(Cn1nnc2ccccc21)C(=O)C1N([C@@H](CC)CO)C(=O)[C@@H]2[C@H](C(=O)O)[C@@H]3CCC12O3. The van der Waals surface area contributed by atoms with Crippen LogP contribution >= 0.6 is 0 Å². The Morgan fingerprint density at radius 3 is 2.86 bits per heavy atom. The van der Waals surface area contributed by atoms with Crippen molar-refractivity contribution in [3.63, 3.8) is 0 Å². The molecule has 5 rings (SSSR count). The van der Waals surface area contributed by atoms with Gasteiger partial charge in [-0.3, -0.25) is 14.4 Å². The van der Waals surface area contributed by atoms with E-state index in [1.165, 1.54) is 9.80 Å². The molecule has 35 heavy (non-hydrogen) atoms. The average Bonchev–Trinajstić information content (AvgIpc) is 3.59. The normalized spacial score (nSPS) is 30.0. The van der Waals surface area contributed by atoms with Gasteiger partial charge in [-0.1, -0.05) is 30.3 Å². The predicted octanol–water partition coefficient (Wildman–Crippen LogP) is 0.634. The zero-order chi connectivity index (χ0) is 24.9. The lowest BCUT2D eigenvalue weighted by Crippen LogP contribution is -2.58. The predicted molar refractivity (Wildman–Crippen MR) is 123 cm³/mol. The fraction of sp³-hybridized carbons (Fsp3) is 0.542. The van der Waals surface area contributed by atoms with Crippen LogP contribution in [0.5, 0.6) is 0 Å². The number of carbonyl (C=O) groups excluding carboxylic acids is 2. The minimum atomic E-state index is -1.24. The van der Waals surface area contributed by atoms with Crippen molar-refractivity contribution in [3.05, 3.63) is 36.9 Å². The second kappa shape index (κ2) is 8.72. The summed E-state index contributed by atoms with van der Waals surface area (Å²) >= 11 is 0. The van der Waals surface area contributed by atoms with Gasteiger partial charge in [0.15, 0.2) is 0 Å². The van der Waals surface area contributed by atoms with Gasteiger partial charge in [0, 0.05) is 6.54 Å². The van der Waals surface area contributed by atoms with Crippen LogP contribution in [0.2, 0.25) is 0 Å². The first-order valence-corrected chi connectivity index (χ1v) is 11.9. The van der Waals surface area contributed by atoms with Crippen molar-refractivity contribution in [2.45, 2.75) is 56.6 Å². The Kier molecular flexibility index (Phi) is 5.84. The average molecular weight is 484 g/mol. The number of benzene rings is 1. The third-order valence-electron chi connectivity index (χ3n) is 7.72.